The Labute approximate surface area is 373 Å². The molecule has 0 aromatic rings. The largest absolute Gasteiger partial charge is 0.462 e. The van der Waals surface area contributed by atoms with Gasteiger partial charge in [-0.1, -0.05) is 244 Å². The molecule has 0 rings (SSSR count). The number of carbonyl (C=O) groups is 2. The summed E-state index contributed by atoms with van der Waals surface area (Å²) in [4.78, 5) is 26.1. The van der Waals surface area contributed by atoms with Crippen molar-refractivity contribution in [2.24, 2.45) is 0 Å². The van der Waals surface area contributed by atoms with E-state index in [0.717, 1.165) is 51.4 Å². The first-order valence-corrected chi connectivity index (χ1v) is 26.6. The molecule has 0 saturated heterocycles. The van der Waals surface area contributed by atoms with Crippen molar-refractivity contribution in [1.82, 2.24) is 5.32 Å². The summed E-state index contributed by atoms with van der Waals surface area (Å²) in [5.41, 5.74) is 0. The van der Waals surface area contributed by atoms with Gasteiger partial charge in [-0.25, -0.2) is 0 Å². The maximum atomic E-state index is 13.2. The molecule has 0 radical (unpaired) electrons. The highest BCUT2D eigenvalue weighted by Crippen LogP contribution is 2.18. The van der Waals surface area contributed by atoms with E-state index in [1.54, 1.807) is 0 Å². The molecule has 0 heterocycles. The summed E-state index contributed by atoms with van der Waals surface area (Å²) in [5, 5.41) is 23.8. The molecule has 3 atom stereocenters. The summed E-state index contributed by atoms with van der Waals surface area (Å²) in [5.74, 6) is -0.473. The van der Waals surface area contributed by atoms with Crippen LogP contribution in [0.25, 0.3) is 0 Å². The van der Waals surface area contributed by atoms with Gasteiger partial charge in [-0.2, -0.15) is 0 Å². The summed E-state index contributed by atoms with van der Waals surface area (Å²) in [7, 11) is 0. The quantitative estimate of drug-likeness (QED) is 0.0322. The fourth-order valence-corrected chi connectivity index (χ4v) is 8.25. The average molecular weight is 846 g/mol. The zero-order valence-corrected chi connectivity index (χ0v) is 40.4. The van der Waals surface area contributed by atoms with Gasteiger partial charge in [0, 0.05) is 6.42 Å². The van der Waals surface area contributed by atoms with Crippen LogP contribution in [0.3, 0.4) is 0 Å². The smallest absolute Gasteiger partial charge is 0.306 e. The van der Waals surface area contributed by atoms with E-state index in [9.17, 15) is 19.8 Å². The first-order valence-electron chi connectivity index (χ1n) is 26.6. The van der Waals surface area contributed by atoms with E-state index >= 15 is 0 Å². The van der Waals surface area contributed by atoms with Gasteiger partial charge in [0.25, 0.3) is 0 Å². The molecule has 0 spiro atoms. The van der Waals surface area contributed by atoms with Crippen molar-refractivity contribution in [3.63, 3.8) is 0 Å². The molecule has 3 unspecified atom stereocenters. The second-order valence-electron chi connectivity index (χ2n) is 18.3. The van der Waals surface area contributed by atoms with E-state index in [2.05, 4.69) is 50.4 Å². The Kier molecular flexibility index (Phi) is 47.0. The van der Waals surface area contributed by atoms with E-state index in [0.29, 0.717) is 19.3 Å². The van der Waals surface area contributed by atoms with Crippen LogP contribution >= 0.6 is 0 Å². The van der Waals surface area contributed by atoms with E-state index in [4.69, 9.17) is 4.74 Å². The summed E-state index contributed by atoms with van der Waals surface area (Å²) < 4.78 is 5.93. The lowest BCUT2D eigenvalue weighted by molar-refractivity contribution is -0.151. The molecular formula is C54H103NO5. The third-order valence-corrected chi connectivity index (χ3v) is 12.3. The van der Waals surface area contributed by atoms with Gasteiger partial charge in [0.05, 0.1) is 25.2 Å². The monoisotopic (exact) mass is 846 g/mol. The second kappa shape index (κ2) is 48.4. The van der Waals surface area contributed by atoms with Crippen molar-refractivity contribution in [1.29, 1.82) is 0 Å². The van der Waals surface area contributed by atoms with Crippen molar-refractivity contribution in [3.8, 4) is 0 Å². The molecule has 0 aliphatic carbocycles. The third kappa shape index (κ3) is 43.0. The third-order valence-electron chi connectivity index (χ3n) is 12.3. The SMILES string of the molecule is CCCCC/C=C/C=C/CCCCCCCCC(=O)OC(CCCCCCCCCCCCC)CC(=O)NC(CO)C(O)CCCCCCCCCCCCCCCCC. The lowest BCUT2D eigenvalue weighted by atomic mass is 10.0. The van der Waals surface area contributed by atoms with Crippen LogP contribution in [0.4, 0.5) is 0 Å². The highest BCUT2D eigenvalue weighted by Gasteiger charge is 2.24. The fourth-order valence-electron chi connectivity index (χ4n) is 8.25. The van der Waals surface area contributed by atoms with Crippen LogP contribution in [0, 0.1) is 0 Å². The number of carbonyl (C=O) groups excluding carboxylic acids is 2. The number of hydrogen-bond acceptors (Lipinski definition) is 5. The minimum atomic E-state index is -0.785. The van der Waals surface area contributed by atoms with Gasteiger partial charge in [0.2, 0.25) is 5.91 Å². The number of nitrogens with one attached hydrogen (secondary N) is 1. The molecule has 6 nitrogen and oxygen atoms in total. The molecule has 0 aliphatic rings. The Morgan fingerprint density at radius 3 is 1.27 bits per heavy atom. The Bertz CT molecular complexity index is 950. The van der Waals surface area contributed by atoms with Crippen molar-refractivity contribution in [2.75, 3.05) is 6.61 Å². The van der Waals surface area contributed by atoms with Gasteiger partial charge in [0.1, 0.15) is 6.10 Å². The van der Waals surface area contributed by atoms with Crippen LogP contribution in [0.2, 0.25) is 0 Å². The van der Waals surface area contributed by atoms with Crippen LogP contribution in [-0.4, -0.2) is 46.9 Å². The Hall–Kier alpha value is -1.66. The van der Waals surface area contributed by atoms with Gasteiger partial charge < -0.3 is 20.3 Å². The van der Waals surface area contributed by atoms with Crippen molar-refractivity contribution in [3.05, 3.63) is 24.3 Å². The molecular weight excluding hydrogens is 743 g/mol. The predicted molar refractivity (Wildman–Crippen MR) is 260 cm³/mol. The molecule has 6 heteroatoms. The molecule has 354 valence electrons. The molecule has 1 amide bonds. The van der Waals surface area contributed by atoms with Crippen molar-refractivity contribution >= 4 is 11.9 Å². The summed E-state index contributed by atoms with van der Waals surface area (Å²) >= 11 is 0. The Morgan fingerprint density at radius 1 is 0.483 bits per heavy atom. The standard InChI is InChI=1S/C54H103NO5/c1-4-7-10-13-16-19-22-24-26-28-31-34-37-40-43-46-52(57)51(49-56)55-53(58)48-50(45-42-39-36-33-30-21-18-15-12-9-6-3)60-54(59)47-44-41-38-35-32-29-27-25-23-20-17-14-11-8-5-2/h17,20,23,25,50-52,56-57H,4-16,18-19,21-22,24,26-49H2,1-3H3,(H,55,58)/b20-17+,25-23+. The molecule has 3 N–H and O–H groups in total. The van der Waals surface area contributed by atoms with E-state index in [1.807, 2.05) is 0 Å². The summed E-state index contributed by atoms with van der Waals surface area (Å²) in [6, 6.07) is -0.698. The topological polar surface area (TPSA) is 95.9 Å². The second-order valence-corrected chi connectivity index (χ2v) is 18.3. The number of rotatable bonds is 48. The number of ether oxygens (including phenoxy) is 1. The number of allylic oxidation sites excluding steroid dienone is 4. The molecule has 0 bridgehead atoms. The molecule has 60 heavy (non-hydrogen) atoms. The average Bonchev–Trinajstić information content (AvgIpc) is 3.24. The van der Waals surface area contributed by atoms with E-state index in [1.165, 1.54) is 186 Å². The molecule has 0 aromatic carbocycles. The van der Waals surface area contributed by atoms with Gasteiger partial charge >= 0.3 is 5.97 Å². The fraction of sp³-hybridized carbons (Fsp3) is 0.889. The lowest BCUT2D eigenvalue weighted by Crippen LogP contribution is -2.46. The number of esters is 1. The number of hydrogen-bond donors (Lipinski definition) is 3. The first kappa shape index (κ1) is 58.3. The number of amides is 1. The highest BCUT2D eigenvalue weighted by atomic mass is 16.5. The van der Waals surface area contributed by atoms with Crippen molar-refractivity contribution < 1.29 is 24.5 Å². The van der Waals surface area contributed by atoms with Crippen LogP contribution in [0.15, 0.2) is 24.3 Å². The van der Waals surface area contributed by atoms with Crippen molar-refractivity contribution in [2.45, 2.75) is 302 Å². The molecule has 0 aliphatic heterocycles. The molecule has 0 fully saturated rings. The van der Waals surface area contributed by atoms with Gasteiger partial charge in [-0.05, 0) is 51.4 Å². The molecule has 0 aromatic heterocycles. The van der Waals surface area contributed by atoms with Crippen LogP contribution < -0.4 is 5.32 Å². The minimum absolute atomic E-state index is 0.0781. The normalized spacial score (nSPS) is 13.3. The van der Waals surface area contributed by atoms with Crippen LogP contribution in [-0.2, 0) is 14.3 Å². The zero-order chi connectivity index (χ0) is 43.8. The zero-order valence-electron chi connectivity index (χ0n) is 40.4. The lowest BCUT2D eigenvalue weighted by Gasteiger charge is -2.24. The van der Waals surface area contributed by atoms with Gasteiger partial charge in [-0.3, -0.25) is 9.59 Å². The summed E-state index contributed by atoms with van der Waals surface area (Å²) in [6.45, 7) is 6.47. The van der Waals surface area contributed by atoms with Crippen LogP contribution in [0.5, 0.6) is 0 Å². The van der Waals surface area contributed by atoms with Gasteiger partial charge in [0.15, 0.2) is 0 Å². The first-order chi connectivity index (χ1) is 29.5. The highest BCUT2D eigenvalue weighted by molar-refractivity contribution is 5.77. The predicted octanol–water partition coefficient (Wildman–Crippen LogP) is 15.9. The van der Waals surface area contributed by atoms with E-state index < -0.39 is 18.2 Å². The number of unbranched alkanes of at least 4 members (excludes halogenated alkanes) is 33. The van der Waals surface area contributed by atoms with E-state index in [-0.39, 0.29) is 24.9 Å². The van der Waals surface area contributed by atoms with Crippen LogP contribution in [0.1, 0.15) is 284 Å². The molecule has 0 saturated carbocycles. The number of aliphatic hydroxyl groups excluding tert-OH is 2. The summed E-state index contributed by atoms with van der Waals surface area (Å²) in [6.07, 6.45) is 55.2. The maximum absolute atomic E-state index is 13.2. The Morgan fingerprint density at radius 2 is 0.833 bits per heavy atom. The minimum Gasteiger partial charge on any atom is -0.462 e. The maximum Gasteiger partial charge on any atom is 0.306 e. The Balaban J connectivity index is 4.50. The number of aliphatic hydroxyl groups is 2. The van der Waals surface area contributed by atoms with Gasteiger partial charge in [-0.15, -0.1) is 0 Å².